The van der Waals surface area contributed by atoms with Gasteiger partial charge in [-0.25, -0.2) is 0 Å². The van der Waals surface area contributed by atoms with Gasteiger partial charge in [-0.2, -0.15) is 0 Å². The molecule has 5 heteroatoms. The molecule has 0 aromatic carbocycles. The van der Waals surface area contributed by atoms with Gasteiger partial charge in [0.25, 0.3) is 0 Å². The van der Waals surface area contributed by atoms with E-state index < -0.39 is 0 Å². The first-order valence-electron chi connectivity index (χ1n) is 7.41. The lowest BCUT2D eigenvalue weighted by atomic mass is 10.2. The van der Waals surface area contributed by atoms with Crippen molar-refractivity contribution < 1.29 is 4.74 Å². The molecule has 0 saturated carbocycles. The standard InChI is InChI=1S/C15H24N4O/c1-2-17-15(19-12-14-6-4-10-20-14)18-9-7-13-5-3-8-16-11-13/h3,5,8,11,14H,2,4,6-7,9-10,12H2,1H3,(H2,17,18,19). The number of hydrogen-bond donors (Lipinski definition) is 2. The Kier molecular flexibility index (Phi) is 6.31. The molecule has 1 aromatic heterocycles. The number of nitrogens with one attached hydrogen (secondary N) is 2. The van der Waals surface area contributed by atoms with Crippen molar-refractivity contribution in [2.24, 2.45) is 4.99 Å². The Hall–Kier alpha value is -1.62. The number of guanidine groups is 1. The summed E-state index contributed by atoms with van der Waals surface area (Å²) in [6.45, 7) is 5.41. The van der Waals surface area contributed by atoms with Crippen LogP contribution in [0.5, 0.6) is 0 Å². The van der Waals surface area contributed by atoms with Gasteiger partial charge >= 0.3 is 0 Å². The number of pyridine rings is 1. The van der Waals surface area contributed by atoms with Gasteiger partial charge in [0.1, 0.15) is 0 Å². The Morgan fingerprint density at radius 1 is 1.50 bits per heavy atom. The third-order valence-corrected chi connectivity index (χ3v) is 3.25. The molecule has 0 aliphatic carbocycles. The Bertz CT molecular complexity index is 402. The van der Waals surface area contributed by atoms with Crippen LogP contribution in [0.15, 0.2) is 29.5 Å². The molecule has 2 heterocycles. The molecule has 1 saturated heterocycles. The molecule has 2 rings (SSSR count). The van der Waals surface area contributed by atoms with Crippen LogP contribution in [-0.2, 0) is 11.2 Å². The number of ether oxygens (including phenoxy) is 1. The van der Waals surface area contributed by atoms with Crippen molar-refractivity contribution in [3.8, 4) is 0 Å². The average molecular weight is 276 g/mol. The van der Waals surface area contributed by atoms with Gasteiger partial charge in [0.05, 0.1) is 12.6 Å². The number of aromatic nitrogens is 1. The van der Waals surface area contributed by atoms with Gasteiger partial charge in [-0.3, -0.25) is 9.98 Å². The number of nitrogens with zero attached hydrogens (tertiary/aromatic N) is 2. The van der Waals surface area contributed by atoms with Crippen LogP contribution >= 0.6 is 0 Å². The van der Waals surface area contributed by atoms with E-state index in [-0.39, 0.29) is 0 Å². The first kappa shape index (κ1) is 14.8. The molecule has 5 nitrogen and oxygen atoms in total. The molecule has 1 atom stereocenters. The second-order valence-corrected chi connectivity index (χ2v) is 4.89. The predicted molar refractivity (Wildman–Crippen MR) is 80.9 cm³/mol. The van der Waals surface area contributed by atoms with Crippen LogP contribution in [-0.4, -0.2) is 43.3 Å². The molecular weight excluding hydrogens is 252 g/mol. The van der Waals surface area contributed by atoms with Crippen molar-refractivity contribution in [2.45, 2.75) is 32.3 Å². The summed E-state index contributed by atoms with van der Waals surface area (Å²) in [6.07, 6.45) is 7.22. The summed E-state index contributed by atoms with van der Waals surface area (Å²) in [5.41, 5.74) is 1.23. The number of rotatable bonds is 6. The zero-order chi connectivity index (χ0) is 14.0. The van der Waals surface area contributed by atoms with Crippen LogP contribution in [0.2, 0.25) is 0 Å². The molecule has 1 fully saturated rings. The third-order valence-electron chi connectivity index (χ3n) is 3.25. The Labute approximate surface area is 120 Å². The Morgan fingerprint density at radius 3 is 3.15 bits per heavy atom. The van der Waals surface area contributed by atoms with E-state index in [1.54, 1.807) is 6.20 Å². The largest absolute Gasteiger partial charge is 0.376 e. The fraction of sp³-hybridized carbons (Fsp3) is 0.600. The highest BCUT2D eigenvalue weighted by Crippen LogP contribution is 2.11. The maximum atomic E-state index is 5.58. The van der Waals surface area contributed by atoms with E-state index in [1.165, 1.54) is 5.56 Å². The van der Waals surface area contributed by atoms with Gasteiger partial charge in [0.15, 0.2) is 5.96 Å². The van der Waals surface area contributed by atoms with Gasteiger partial charge < -0.3 is 15.4 Å². The number of aliphatic imine (C=N–C) groups is 1. The summed E-state index contributed by atoms with van der Waals surface area (Å²) in [4.78, 5) is 8.70. The van der Waals surface area contributed by atoms with E-state index in [2.05, 4.69) is 33.6 Å². The first-order valence-corrected chi connectivity index (χ1v) is 7.41. The minimum atomic E-state index is 0.295. The third kappa shape index (κ3) is 5.17. The molecule has 1 unspecified atom stereocenters. The van der Waals surface area contributed by atoms with Gasteiger partial charge in [-0.05, 0) is 37.8 Å². The second kappa shape index (κ2) is 8.53. The summed E-state index contributed by atoms with van der Waals surface area (Å²) in [7, 11) is 0. The van der Waals surface area contributed by atoms with Crippen molar-refractivity contribution in [1.29, 1.82) is 0 Å². The van der Waals surface area contributed by atoms with Gasteiger partial charge in [0, 0.05) is 32.1 Å². The summed E-state index contributed by atoms with van der Waals surface area (Å²) < 4.78 is 5.58. The van der Waals surface area contributed by atoms with E-state index in [1.807, 2.05) is 12.3 Å². The van der Waals surface area contributed by atoms with Crippen molar-refractivity contribution in [3.05, 3.63) is 30.1 Å². The highest BCUT2D eigenvalue weighted by Gasteiger charge is 2.14. The summed E-state index contributed by atoms with van der Waals surface area (Å²) >= 11 is 0. The summed E-state index contributed by atoms with van der Waals surface area (Å²) in [5, 5.41) is 6.61. The highest BCUT2D eigenvalue weighted by molar-refractivity contribution is 5.79. The molecule has 0 spiro atoms. The molecule has 20 heavy (non-hydrogen) atoms. The lowest BCUT2D eigenvalue weighted by molar-refractivity contribution is 0.117. The van der Waals surface area contributed by atoms with Crippen LogP contribution in [0, 0.1) is 0 Å². The van der Waals surface area contributed by atoms with Crippen molar-refractivity contribution in [2.75, 3.05) is 26.2 Å². The monoisotopic (exact) mass is 276 g/mol. The predicted octanol–water partition coefficient (Wildman–Crippen LogP) is 1.36. The zero-order valence-corrected chi connectivity index (χ0v) is 12.1. The Balaban J connectivity index is 1.74. The molecule has 2 N–H and O–H groups in total. The van der Waals surface area contributed by atoms with Crippen LogP contribution in [0.1, 0.15) is 25.3 Å². The van der Waals surface area contributed by atoms with E-state index in [4.69, 9.17) is 4.74 Å². The van der Waals surface area contributed by atoms with E-state index in [9.17, 15) is 0 Å². The minimum Gasteiger partial charge on any atom is -0.376 e. The molecule has 0 amide bonds. The minimum absolute atomic E-state index is 0.295. The van der Waals surface area contributed by atoms with Crippen molar-refractivity contribution in [3.63, 3.8) is 0 Å². The normalized spacial score (nSPS) is 19.1. The molecule has 110 valence electrons. The molecular formula is C15H24N4O. The van der Waals surface area contributed by atoms with Crippen LogP contribution in [0.4, 0.5) is 0 Å². The van der Waals surface area contributed by atoms with Gasteiger partial charge in [-0.15, -0.1) is 0 Å². The fourth-order valence-corrected chi connectivity index (χ4v) is 2.19. The molecule has 0 radical (unpaired) electrons. The highest BCUT2D eigenvalue weighted by atomic mass is 16.5. The molecule has 0 bridgehead atoms. The smallest absolute Gasteiger partial charge is 0.191 e. The van der Waals surface area contributed by atoms with E-state index in [0.717, 1.165) is 51.5 Å². The van der Waals surface area contributed by atoms with Crippen LogP contribution in [0.3, 0.4) is 0 Å². The quantitative estimate of drug-likeness (QED) is 0.608. The molecule has 1 aliphatic heterocycles. The average Bonchev–Trinajstić information content (AvgIpc) is 2.99. The topological polar surface area (TPSA) is 58.5 Å². The summed E-state index contributed by atoms with van der Waals surface area (Å²) in [6, 6.07) is 4.05. The second-order valence-electron chi connectivity index (χ2n) is 4.89. The van der Waals surface area contributed by atoms with E-state index >= 15 is 0 Å². The van der Waals surface area contributed by atoms with E-state index in [0.29, 0.717) is 6.10 Å². The zero-order valence-electron chi connectivity index (χ0n) is 12.1. The molecule has 1 aromatic rings. The SMILES string of the molecule is CCNC(=NCC1CCCO1)NCCc1cccnc1. The first-order chi connectivity index (χ1) is 9.88. The fourth-order valence-electron chi connectivity index (χ4n) is 2.19. The Morgan fingerprint density at radius 2 is 2.45 bits per heavy atom. The van der Waals surface area contributed by atoms with Crippen LogP contribution in [0.25, 0.3) is 0 Å². The summed E-state index contributed by atoms with van der Waals surface area (Å²) in [5.74, 6) is 0.867. The van der Waals surface area contributed by atoms with Gasteiger partial charge in [0.2, 0.25) is 0 Å². The maximum Gasteiger partial charge on any atom is 0.191 e. The lowest BCUT2D eigenvalue weighted by Gasteiger charge is -2.12. The maximum absolute atomic E-state index is 5.58. The number of hydrogen-bond acceptors (Lipinski definition) is 3. The van der Waals surface area contributed by atoms with Crippen molar-refractivity contribution >= 4 is 5.96 Å². The van der Waals surface area contributed by atoms with Gasteiger partial charge in [-0.1, -0.05) is 6.07 Å². The lowest BCUT2D eigenvalue weighted by Crippen LogP contribution is -2.38. The molecule has 1 aliphatic rings. The van der Waals surface area contributed by atoms with Crippen LogP contribution < -0.4 is 10.6 Å². The van der Waals surface area contributed by atoms with Crippen molar-refractivity contribution in [1.82, 2.24) is 15.6 Å².